The van der Waals surface area contributed by atoms with Gasteiger partial charge < -0.3 is 10.6 Å². The van der Waals surface area contributed by atoms with E-state index >= 15 is 0 Å². The number of rotatable bonds is 3. The first-order valence-corrected chi connectivity index (χ1v) is 5.24. The second-order valence-electron chi connectivity index (χ2n) is 4.82. The van der Waals surface area contributed by atoms with E-state index in [4.69, 9.17) is 0 Å². The molecule has 0 radical (unpaired) electrons. The SMILES string of the molecule is CC1(CNC(=O)[C@@H]2C[C@@H](F)CN2)CC1. The highest BCUT2D eigenvalue weighted by atomic mass is 19.1. The van der Waals surface area contributed by atoms with Crippen molar-refractivity contribution in [3.63, 3.8) is 0 Å². The fraction of sp³-hybridized carbons (Fsp3) is 0.900. The van der Waals surface area contributed by atoms with E-state index in [1.807, 2.05) is 0 Å². The Morgan fingerprint density at radius 3 is 2.86 bits per heavy atom. The second-order valence-corrected chi connectivity index (χ2v) is 4.82. The highest BCUT2D eigenvalue weighted by Gasteiger charge is 2.38. The molecular formula is C10H17FN2O. The molecule has 3 nitrogen and oxygen atoms in total. The van der Waals surface area contributed by atoms with Crippen LogP contribution >= 0.6 is 0 Å². The molecule has 0 aromatic carbocycles. The van der Waals surface area contributed by atoms with E-state index in [9.17, 15) is 9.18 Å². The van der Waals surface area contributed by atoms with Gasteiger partial charge in [-0.05, 0) is 18.3 Å². The Bertz CT molecular complexity index is 240. The number of carbonyl (C=O) groups excluding carboxylic acids is 1. The molecule has 14 heavy (non-hydrogen) atoms. The van der Waals surface area contributed by atoms with Crippen LogP contribution < -0.4 is 10.6 Å². The zero-order valence-corrected chi connectivity index (χ0v) is 8.48. The lowest BCUT2D eigenvalue weighted by molar-refractivity contribution is -0.123. The van der Waals surface area contributed by atoms with E-state index < -0.39 is 6.17 Å². The first-order chi connectivity index (χ1) is 6.59. The molecule has 1 aliphatic carbocycles. The summed E-state index contributed by atoms with van der Waals surface area (Å²) < 4.78 is 12.8. The summed E-state index contributed by atoms with van der Waals surface area (Å²) >= 11 is 0. The van der Waals surface area contributed by atoms with Crippen molar-refractivity contribution < 1.29 is 9.18 Å². The maximum absolute atomic E-state index is 12.8. The lowest BCUT2D eigenvalue weighted by Crippen LogP contribution is -2.42. The number of hydrogen-bond acceptors (Lipinski definition) is 2. The molecule has 2 N–H and O–H groups in total. The van der Waals surface area contributed by atoms with Crippen molar-refractivity contribution in [3.8, 4) is 0 Å². The van der Waals surface area contributed by atoms with Gasteiger partial charge in [0.1, 0.15) is 6.17 Å². The van der Waals surface area contributed by atoms with E-state index in [0.717, 1.165) is 6.54 Å². The summed E-state index contributed by atoms with van der Waals surface area (Å²) in [5.41, 5.74) is 0.323. The topological polar surface area (TPSA) is 41.1 Å². The number of carbonyl (C=O) groups is 1. The Hall–Kier alpha value is -0.640. The fourth-order valence-corrected chi connectivity index (χ4v) is 1.71. The molecule has 2 aliphatic rings. The molecular weight excluding hydrogens is 183 g/mol. The summed E-state index contributed by atoms with van der Waals surface area (Å²) in [6, 6.07) is -0.313. The number of nitrogens with one attached hydrogen (secondary N) is 2. The molecule has 1 amide bonds. The van der Waals surface area contributed by atoms with Gasteiger partial charge in [0.15, 0.2) is 0 Å². The third-order valence-electron chi connectivity index (χ3n) is 3.19. The van der Waals surface area contributed by atoms with Gasteiger partial charge in [0.25, 0.3) is 0 Å². The largest absolute Gasteiger partial charge is 0.354 e. The van der Waals surface area contributed by atoms with Crippen LogP contribution in [0.1, 0.15) is 26.2 Å². The lowest BCUT2D eigenvalue weighted by atomic mass is 10.1. The van der Waals surface area contributed by atoms with Gasteiger partial charge in [-0.1, -0.05) is 6.92 Å². The molecule has 0 bridgehead atoms. The Kier molecular flexibility index (Phi) is 2.47. The van der Waals surface area contributed by atoms with Gasteiger partial charge in [-0.3, -0.25) is 4.79 Å². The lowest BCUT2D eigenvalue weighted by Gasteiger charge is -2.13. The minimum absolute atomic E-state index is 0.0433. The maximum atomic E-state index is 12.8. The number of alkyl halides is 1. The molecule has 2 fully saturated rings. The predicted octanol–water partition coefficient (Wildman–Crippen LogP) is 0.603. The Balaban J connectivity index is 1.72. The van der Waals surface area contributed by atoms with Crippen LogP contribution in [0.3, 0.4) is 0 Å². The molecule has 0 aromatic rings. The van der Waals surface area contributed by atoms with E-state index in [-0.39, 0.29) is 11.9 Å². The van der Waals surface area contributed by atoms with Gasteiger partial charge in [-0.25, -0.2) is 4.39 Å². The predicted molar refractivity (Wildman–Crippen MR) is 51.7 cm³/mol. The van der Waals surface area contributed by atoms with Crippen LogP contribution in [0.4, 0.5) is 4.39 Å². The van der Waals surface area contributed by atoms with Crippen molar-refractivity contribution in [2.75, 3.05) is 13.1 Å². The molecule has 1 aliphatic heterocycles. The van der Waals surface area contributed by atoms with Crippen LogP contribution in [0.15, 0.2) is 0 Å². The normalized spacial score (nSPS) is 34.1. The Morgan fingerprint density at radius 1 is 1.64 bits per heavy atom. The summed E-state index contributed by atoms with van der Waals surface area (Å²) in [6.45, 7) is 3.21. The van der Waals surface area contributed by atoms with Gasteiger partial charge in [0.2, 0.25) is 5.91 Å². The van der Waals surface area contributed by atoms with E-state index in [1.54, 1.807) is 0 Å². The molecule has 0 spiro atoms. The second kappa shape index (κ2) is 3.50. The average Bonchev–Trinajstić information content (AvgIpc) is 2.71. The van der Waals surface area contributed by atoms with Crippen LogP contribution in [0, 0.1) is 5.41 Å². The average molecular weight is 200 g/mol. The zero-order chi connectivity index (χ0) is 10.2. The first kappa shape index (κ1) is 9.90. The molecule has 4 heteroatoms. The van der Waals surface area contributed by atoms with Crippen LogP contribution in [-0.4, -0.2) is 31.2 Å². The smallest absolute Gasteiger partial charge is 0.237 e. The standard InChI is InChI=1S/C10H17FN2O/c1-10(2-3-10)6-13-9(14)8-4-7(11)5-12-8/h7-8,12H,2-6H2,1H3,(H,13,14)/t7-,8+/m1/s1. The van der Waals surface area contributed by atoms with E-state index in [2.05, 4.69) is 17.6 Å². The van der Waals surface area contributed by atoms with Gasteiger partial charge in [-0.2, -0.15) is 0 Å². The summed E-state index contributed by atoms with van der Waals surface area (Å²) in [5, 5.41) is 5.76. The van der Waals surface area contributed by atoms with Crippen molar-refractivity contribution in [2.24, 2.45) is 5.41 Å². The van der Waals surface area contributed by atoms with Crippen LogP contribution in [0.25, 0.3) is 0 Å². The van der Waals surface area contributed by atoms with Gasteiger partial charge in [0.05, 0.1) is 6.04 Å². The monoisotopic (exact) mass is 200 g/mol. The minimum Gasteiger partial charge on any atom is -0.354 e. The van der Waals surface area contributed by atoms with Crippen LogP contribution in [0.5, 0.6) is 0 Å². The number of amides is 1. The molecule has 0 unspecified atom stereocenters. The van der Waals surface area contributed by atoms with Gasteiger partial charge in [-0.15, -0.1) is 0 Å². The molecule has 1 saturated carbocycles. The quantitative estimate of drug-likeness (QED) is 0.700. The third kappa shape index (κ3) is 2.23. The zero-order valence-electron chi connectivity index (χ0n) is 8.48. The first-order valence-electron chi connectivity index (χ1n) is 5.24. The van der Waals surface area contributed by atoms with Crippen molar-refractivity contribution in [3.05, 3.63) is 0 Å². The Morgan fingerprint density at radius 2 is 2.36 bits per heavy atom. The highest BCUT2D eigenvalue weighted by Crippen LogP contribution is 2.44. The fourth-order valence-electron chi connectivity index (χ4n) is 1.71. The summed E-state index contributed by atoms with van der Waals surface area (Å²) in [6.07, 6.45) is 1.85. The minimum atomic E-state index is -0.859. The van der Waals surface area contributed by atoms with Gasteiger partial charge in [0, 0.05) is 19.5 Å². The van der Waals surface area contributed by atoms with Crippen molar-refractivity contribution in [2.45, 2.75) is 38.4 Å². The Labute approximate surface area is 83.4 Å². The molecule has 80 valence electrons. The number of halogens is 1. The molecule has 2 atom stereocenters. The molecule has 1 heterocycles. The van der Waals surface area contributed by atoms with E-state index in [1.165, 1.54) is 12.8 Å². The van der Waals surface area contributed by atoms with Gasteiger partial charge >= 0.3 is 0 Å². The van der Waals surface area contributed by atoms with Crippen LogP contribution in [-0.2, 0) is 4.79 Å². The highest BCUT2D eigenvalue weighted by molar-refractivity contribution is 5.82. The third-order valence-corrected chi connectivity index (χ3v) is 3.19. The van der Waals surface area contributed by atoms with Crippen molar-refractivity contribution in [1.82, 2.24) is 10.6 Å². The summed E-state index contributed by atoms with van der Waals surface area (Å²) in [5.74, 6) is -0.0433. The molecule has 1 saturated heterocycles. The van der Waals surface area contributed by atoms with E-state index in [0.29, 0.717) is 18.4 Å². The molecule has 0 aromatic heterocycles. The maximum Gasteiger partial charge on any atom is 0.237 e. The number of hydrogen-bond donors (Lipinski definition) is 2. The van der Waals surface area contributed by atoms with Crippen molar-refractivity contribution in [1.29, 1.82) is 0 Å². The summed E-state index contributed by atoms with van der Waals surface area (Å²) in [4.78, 5) is 11.5. The molecule has 2 rings (SSSR count). The summed E-state index contributed by atoms with van der Waals surface area (Å²) in [7, 11) is 0. The van der Waals surface area contributed by atoms with Crippen LogP contribution in [0.2, 0.25) is 0 Å². The van der Waals surface area contributed by atoms with Crippen molar-refractivity contribution >= 4 is 5.91 Å².